The molecule has 0 atom stereocenters. The van der Waals surface area contributed by atoms with Gasteiger partial charge < -0.3 is 4.52 Å². The van der Waals surface area contributed by atoms with Crippen molar-refractivity contribution in [3.63, 3.8) is 0 Å². The SMILES string of the molecule is Cc1ccnn1-c1ccc(-c2nc(-c3ccccn3)no2)cc1. The number of aryl methyl sites for hydroxylation is 1. The minimum Gasteiger partial charge on any atom is -0.334 e. The van der Waals surface area contributed by atoms with Gasteiger partial charge >= 0.3 is 0 Å². The molecule has 3 aromatic heterocycles. The molecule has 0 aliphatic rings. The van der Waals surface area contributed by atoms with E-state index in [1.165, 1.54) is 0 Å². The van der Waals surface area contributed by atoms with Crippen LogP contribution >= 0.6 is 0 Å². The summed E-state index contributed by atoms with van der Waals surface area (Å²) in [5.41, 5.74) is 3.60. The molecule has 0 bridgehead atoms. The highest BCUT2D eigenvalue weighted by atomic mass is 16.5. The third-order valence-corrected chi connectivity index (χ3v) is 3.51. The average Bonchev–Trinajstić information content (AvgIpc) is 3.25. The number of hydrogen-bond acceptors (Lipinski definition) is 5. The largest absolute Gasteiger partial charge is 0.334 e. The van der Waals surface area contributed by atoms with E-state index in [1.54, 1.807) is 12.4 Å². The summed E-state index contributed by atoms with van der Waals surface area (Å²) in [5, 5.41) is 8.27. The Morgan fingerprint density at radius 2 is 1.83 bits per heavy atom. The van der Waals surface area contributed by atoms with Gasteiger partial charge in [0.05, 0.1) is 5.69 Å². The normalized spacial score (nSPS) is 10.8. The lowest BCUT2D eigenvalue weighted by molar-refractivity contribution is 0.432. The van der Waals surface area contributed by atoms with E-state index in [0.29, 0.717) is 17.4 Å². The fourth-order valence-electron chi connectivity index (χ4n) is 2.32. The van der Waals surface area contributed by atoms with Crippen LogP contribution in [0.3, 0.4) is 0 Å². The first-order valence-corrected chi connectivity index (χ1v) is 7.18. The summed E-state index contributed by atoms with van der Waals surface area (Å²) in [6.07, 6.45) is 3.48. The van der Waals surface area contributed by atoms with Gasteiger partial charge in [-0.2, -0.15) is 10.1 Å². The maximum absolute atomic E-state index is 5.34. The molecule has 4 rings (SSSR count). The van der Waals surface area contributed by atoms with Gasteiger partial charge in [-0.15, -0.1) is 0 Å². The van der Waals surface area contributed by atoms with Crippen LogP contribution in [0.4, 0.5) is 0 Å². The van der Waals surface area contributed by atoms with E-state index in [2.05, 4.69) is 20.2 Å². The summed E-state index contributed by atoms with van der Waals surface area (Å²) in [6, 6.07) is 15.4. The summed E-state index contributed by atoms with van der Waals surface area (Å²) in [6.45, 7) is 2.01. The van der Waals surface area contributed by atoms with E-state index in [0.717, 1.165) is 16.9 Å². The van der Waals surface area contributed by atoms with Crippen LogP contribution < -0.4 is 0 Å². The highest BCUT2D eigenvalue weighted by Gasteiger charge is 2.11. The Kier molecular flexibility index (Phi) is 3.20. The first-order valence-electron chi connectivity index (χ1n) is 7.18. The predicted octanol–water partition coefficient (Wildman–Crippen LogP) is 3.29. The fourth-order valence-corrected chi connectivity index (χ4v) is 2.32. The summed E-state index contributed by atoms with van der Waals surface area (Å²) in [4.78, 5) is 8.61. The van der Waals surface area contributed by atoms with Crippen LogP contribution in [0.2, 0.25) is 0 Å². The second-order valence-corrected chi connectivity index (χ2v) is 5.07. The molecule has 112 valence electrons. The number of nitrogens with zero attached hydrogens (tertiary/aromatic N) is 5. The highest BCUT2D eigenvalue weighted by molar-refractivity contribution is 5.58. The van der Waals surface area contributed by atoms with Gasteiger partial charge in [0.1, 0.15) is 5.69 Å². The van der Waals surface area contributed by atoms with Crippen LogP contribution in [-0.4, -0.2) is 24.9 Å². The standard InChI is InChI=1S/C17H13N5O/c1-12-9-11-19-22(12)14-7-5-13(6-8-14)17-20-16(21-23-17)15-4-2-3-10-18-15/h2-11H,1H3. The van der Waals surface area contributed by atoms with Crippen LogP contribution in [0.1, 0.15) is 5.69 Å². The van der Waals surface area contributed by atoms with Crippen molar-refractivity contribution in [1.29, 1.82) is 0 Å². The van der Waals surface area contributed by atoms with E-state index in [9.17, 15) is 0 Å². The molecule has 0 fully saturated rings. The molecule has 4 aromatic rings. The van der Waals surface area contributed by atoms with Crippen molar-refractivity contribution < 1.29 is 4.52 Å². The third-order valence-electron chi connectivity index (χ3n) is 3.51. The number of benzene rings is 1. The third kappa shape index (κ3) is 2.50. The zero-order chi connectivity index (χ0) is 15.6. The van der Waals surface area contributed by atoms with Crippen LogP contribution in [0.25, 0.3) is 28.7 Å². The summed E-state index contributed by atoms with van der Waals surface area (Å²) in [7, 11) is 0. The second kappa shape index (κ2) is 5.49. The van der Waals surface area contributed by atoms with Gasteiger partial charge in [0, 0.05) is 23.7 Å². The molecule has 1 aromatic carbocycles. The van der Waals surface area contributed by atoms with Crippen molar-refractivity contribution in [1.82, 2.24) is 24.9 Å². The van der Waals surface area contributed by atoms with Crippen LogP contribution in [0.5, 0.6) is 0 Å². The Morgan fingerprint density at radius 3 is 2.52 bits per heavy atom. The number of hydrogen-bond donors (Lipinski definition) is 0. The molecule has 0 radical (unpaired) electrons. The summed E-state index contributed by atoms with van der Waals surface area (Å²) >= 11 is 0. The van der Waals surface area contributed by atoms with Crippen molar-refractivity contribution in [2.24, 2.45) is 0 Å². The molecule has 0 saturated carbocycles. The molecule has 0 N–H and O–H groups in total. The lowest BCUT2D eigenvalue weighted by Gasteiger charge is -2.04. The van der Waals surface area contributed by atoms with Gasteiger partial charge in [-0.05, 0) is 49.4 Å². The van der Waals surface area contributed by atoms with E-state index < -0.39 is 0 Å². The van der Waals surface area contributed by atoms with Crippen molar-refractivity contribution in [2.45, 2.75) is 6.92 Å². The van der Waals surface area contributed by atoms with Crippen molar-refractivity contribution in [2.75, 3.05) is 0 Å². The molecule has 0 saturated heterocycles. The highest BCUT2D eigenvalue weighted by Crippen LogP contribution is 2.22. The van der Waals surface area contributed by atoms with Crippen LogP contribution in [0.15, 0.2) is 65.4 Å². The van der Waals surface area contributed by atoms with Crippen LogP contribution in [0, 0.1) is 6.92 Å². The number of aromatic nitrogens is 5. The topological polar surface area (TPSA) is 69.6 Å². The van der Waals surface area contributed by atoms with Crippen molar-refractivity contribution in [3.8, 4) is 28.7 Å². The van der Waals surface area contributed by atoms with Gasteiger partial charge in [-0.3, -0.25) is 4.98 Å². The monoisotopic (exact) mass is 303 g/mol. The summed E-state index contributed by atoms with van der Waals surface area (Å²) in [5.74, 6) is 0.946. The molecular formula is C17H13N5O. The summed E-state index contributed by atoms with van der Waals surface area (Å²) < 4.78 is 7.21. The first-order chi connectivity index (χ1) is 11.3. The number of rotatable bonds is 3. The van der Waals surface area contributed by atoms with E-state index in [1.807, 2.05) is 60.1 Å². The Bertz CT molecular complexity index is 925. The van der Waals surface area contributed by atoms with Gasteiger partial charge in [-0.1, -0.05) is 11.2 Å². The minimum absolute atomic E-state index is 0.467. The zero-order valence-electron chi connectivity index (χ0n) is 12.4. The lowest BCUT2D eigenvalue weighted by atomic mass is 10.2. The fraction of sp³-hybridized carbons (Fsp3) is 0.0588. The molecule has 0 aliphatic heterocycles. The Balaban J connectivity index is 1.64. The zero-order valence-corrected chi connectivity index (χ0v) is 12.4. The minimum atomic E-state index is 0.467. The molecule has 6 heteroatoms. The van der Waals surface area contributed by atoms with E-state index in [-0.39, 0.29) is 0 Å². The molecule has 0 spiro atoms. The Labute approximate surface area is 132 Å². The van der Waals surface area contributed by atoms with Gasteiger partial charge in [0.25, 0.3) is 5.89 Å². The first kappa shape index (κ1) is 13.4. The molecule has 6 nitrogen and oxygen atoms in total. The Hall–Kier alpha value is -3.28. The maximum atomic E-state index is 5.34. The van der Waals surface area contributed by atoms with Crippen molar-refractivity contribution >= 4 is 0 Å². The maximum Gasteiger partial charge on any atom is 0.258 e. The lowest BCUT2D eigenvalue weighted by Crippen LogP contribution is -1.97. The van der Waals surface area contributed by atoms with Gasteiger partial charge in [0.15, 0.2) is 0 Å². The van der Waals surface area contributed by atoms with Gasteiger partial charge in [-0.25, -0.2) is 4.68 Å². The molecule has 23 heavy (non-hydrogen) atoms. The second-order valence-electron chi connectivity index (χ2n) is 5.07. The quantitative estimate of drug-likeness (QED) is 0.581. The molecule has 0 aliphatic carbocycles. The predicted molar refractivity (Wildman–Crippen MR) is 84.8 cm³/mol. The van der Waals surface area contributed by atoms with E-state index >= 15 is 0 Å². The molecule has 0 amide bonds. The van der Waals surface area contributed by atoms with Gasteiger partial charge in [0.2, 0.25) is 5.82 Å². The Morgan fingerprint density at radius 1 is 0.957 bits per heavy atom. The van der Waals surface area contributed by atoms with E-state index in [4.69, 9.17) is 4.52 Å². The molecule has 3 heterocycles. The van der Waals surface area contributed by atoms with Crippen molar-refractivity contribution in [3.05, 3.63) is 66.6 Å². The molecule has 0 unspecified atom stereocenters. The average molecular weight is 303 g/mol. The smallest absolute Gasteiger partial charge is 0.258 e. The number of pyridine rings is 1. The molecular weight excluding hydrogens is 290 g/mol. The van der Waals surface area contributed by atoms with Crippen LogP contribution in [-0.2, 0) is 0 Å².